The second kappa shape index (κ2) is 6.98. The third-order valence-corrected chi connectivity index (χ3v) is 4.17. The average molecular weight is 380 g/mol. The van der Waals surface area contributed by atoms with Crippen molar-refractivity contribution in [1.82, 2.24) is 19.9 Å². The predicted molar refractivity (Wildman–Crippen MR) is 90.1 cm³/mol. The molecule has 0 saturated heterocycles. The minimum Gasteiger partial charge on any atom is -0.343 e. The van der Waals surface area contributed by atoms with Gasteiger partial charge in [0.1, 0.15) is 17.9 Å². The molecule has 0 saturated carbocycles. The highest BCUT2D eigenvalue weighted by molar-refractivity contribution is 5.99. The second-order valence-electron chi connectivity index (χ2n) is 6.16. The number of nitrogens with zero attached hydrogens (tertiary/aromatic N) is 3. The van der Waals surface area contributed by atoms with E-state index < -0.39 is 18.6 Å². The Bertz CT molecular complexity index is 1010. The first-order valence-corrected chi connectivity index (χ1v) is 8.09. The van der Waals surface area contributed by atoms with Gasteiger partial charge in [0.2, 0.25) is 0 Å². The van der Waals surface area contributed by atoms with Crippen molar-refractivity contribution in [1.29, 1.82) is 0 Å². The fourth-order valence-corrected chi connectivity index (χ4v) is 2.85. The molecule has 1 aromatic carbocycles. The molecular weight excluding hydrogens is 364 g/mol. The first-order valence-electron chi connectivity index (χ1n) is 8.09. The Labute approximate surface area is 152 Å². The molecule has 0 spiro atoms. The number of fused-ring (bicyclic) bond motifs is 1. The average Bonchev–Trinajstić information content (AvgIpc) is 3.00. The van der Waals surface area contributed by atoms with Crippen molar-refractivity contribution in [3.05, 3.63) is 64.4 Å². The van der Waals surface area contributed by atoms with Gasteiger partial charge in [-0.3, -0.25) is 4.79 Å². The number of nitrogens with one attached hydrogen (secondary N) is 1. The van der Waals surface area contributed by atoms with Crippen molar-refractivity contribution in [2.45, 2.75) is 26.4 Å². The van der Waals surface area contributed by atoms with E-state index in [1.54, 1.807) is 26.0 Å². The Kier molecular flexibility index (Phi) is 4.86. The third-order valence-electron chi connectivity index (χ3n) is 4.17. The van der Waals surface area contributed by atoms with Gasteiger partial charge in [0.25, 0.3) is 5.91 Å². The van der Waals surface area contributed by atoms with Crippen LogP contribution in [0.25, 0.3) is 5.65 Å². The first-order chi connectivity index (χ1) is 12.7. The van der Waals surface area contributed by atoms with Gasteiger partial charge in [-0.05, 0) is 37.1 Å². The van der Waals surface area contributed by atoms with E-state index in [2.05, 4.69) is 10.1 Å². The molecule has 0 aliphatic heterocycles. The maximum atomic E-state index is 13.4. The van der Waals surface area contributed by atoms with E-state index in [0.717, 1.165) is 11.1 Å². The van der Waals surface area contributed by atoms with Crippen LogP contribution in [0.15, 0.2) is 30.5 Å². The summed E-state index contributed by atoms with van der Waals surface area (Å²) < 4.78 is 51.8. The van der Waals surface area contributed by atoms with Gasteiger partial charge in [0.05, 0.1) is 6.20 Å². The summed E-state index contributed by atoms with van der Waals surface area (Å²) in [6.07, 6.45) is -2.91. The molecule has 0 unspecified atom stereocenters. The van der Waals surface area contributed by atoms with Crippen LogP contribution in [0.2, 0.25) is 0 Å². The van der Waals surface area contributed by atoms with Gasteiger partial charge in [-0.25, -0.2) is 13.9 Å². The monoisotopic (exact) mass is 380 g/mol. The minimum absolute atomic E-state index is 0.0391. The Morgan fingerprint density at radius 3 is 2.67 bits per heavy atom. The summed E-state index contributed by atoms with van der Waals surface area (Å²) in [5.74, 6) is -1.24. The van der Waals surface area contributed by atoms with Crippen molar-refractivity contribution in [3.8, 4) is 0 Å². The molecule has 0 radical (unpaired) electrons. The summed E-state index contributed by atoms with van der Waals surface area (Å²) in [7, 11) is 0. The van der Waals surface area contributed by atoms with Crippen LogP contribution in [-0.2, 0) is 6.42 Å². The van der Waals surface area contributed by atoms with E-state index in [1.807, 2.05) is 5.32 Å². The van der Waals surface area contributed by atoms with Crippen LogP contribution < -0.4 is 5.32 Å². The zero-order chi connectivity index (χ0) is 19.8. The van der Waals surface area contributed by atoms with Crippen LogP contribution in [-0.4, -0.2) is 33.2 Å². The molecule has 3 aromatic rings. The Morgan fingerprint density at radius 1 is 1.26 bits per heavy atom. The van der Waals surface area contributed by atoms with E-state index in [0.29, 0.717) is 17.8 Å². The summed E-state index contributed by atoms with van der Waals surface area (Å²) in [4.78, 5) is 16.4. The molecule has 5 nitrogen and oxygen atoms in total. The smallest absolute Gasteiger partial charge is 0.343 e. The highest BCUT2D eigenvalue weighted by atomic mass is 19.4. The largest absolute Gasteiger partial charge is 0.405 e. The van der Waals surface area contributed by atoms with Crippen molar-refractivity contribution in [2.75, 3.05) is 6.54 Å². The number of halogens is 4. The van der Waals surface area contributed by atoms with Crippen molar-refractivity contribution < 1.29 is 22.4 Å². The molecule has 0 bridgehead atoms. The van der Waals surface area contributed by atoms with Crippen LogP contribution in [0.1, 0.15) is 32.9 Å². The molecular formula is C18H16F4N4O. The molecule has 0 aliphatic carbocycles. The summed E-state index contributed by atoms with van der Waals surface area (Å²) in [6.45, 7) is 2.06. The van der Waals surface area contributed by atoms with Crippen LogP contribution in [0.5, 0.6) is 0 Å². The molecule has 0 aliphatic rings. The van der Waals surface area contributed by atoms with Gasteiger partial charge in [-0.1, -0.05) is 12.1 Å². The fraction of sp³-hybridized carbons (Fsp3) is 0.278. The SMILES string of the molecule is Cc1nc2c(C(=O)NCC(F)(F)F)cnn2c(C)c1Cc1cccc(F)c1. The van der Waals surface area contributed by atoms with Gasteiger partial charge < -0.3 is 5.32 Å². The fourth-order valence-electron chi connectivity index (χ4n) is 2.85. The maximum absolute atomic E-state index is 13.4. The van der Waals surface area contributed by atoms with E-state index >= 15 is 0 Å². The lowest BCUT2D eigenvalue weighted by Crippen LogP contribution is -2.33. The van der Waals surface area contributed by atoms with Crippen LogP contribution in [0.3, 0.4) is 0 Å². The van der Waals surface area contributed by atoms with Crippen LogP contribution >= 0.6 is 0 Å². The Hall–Kier alpha value is -2.97. The lowest BCUT2D eigenvalue weighted by Gasteiger charge is -2.12. The van der Waals surface area contributed by atoms with Gasteiger partial charge in [-0.2, -0.15) is 18.3 Å². The van der Waals surface area contributed by atoms with Gasteiger partial charge in [0, 0.05) is 17.8 Å². The van der Waals surface area contributed by atoms with E-state index in [9.17, 15) is 22.4 Å². The summed E-state index contributed by atoms with van der Waals surface area (Å²) >= 11 is 0. The first kappa shape index (κ1) is 18.8. The summed E-state index contributed by atoms with van der Waals surface area (Å²) in [5, 5.41) is 5.90. The molecule has 2 aromatic heterocycles. The number of carbonyl (C=O) groups is 1. The summed E-state index contributed by atoms with van der Waals surface area (Å²) in [5.41, 5.74) is 2.96. The zero-order valence-electron chi connectivity index (χ0n) is 14.6. The van der Waals surface area contributed by atoms with Gasteiger partial charge in [0.15, 0.2) is 5.65 Å². The highest BCUT2D eigenvalue weighted by Crippen LogP contribution is 2.21. The zero-order valence-corrected chi connectivity index (χ0v) is 14.6. The molecule has 142 valence electrons. The molecule has 0 fully saturated rings. The normalized spacial score (nSPS) is 11.8. The standard InChI is InChI=1S/C18H16F4N4O/c1-10-14(7-12-4-3-5-13(19)6-12)11(2)26-16(25-10)15(8-24-26)17(27)23-9-18(20,21)22/h3-6,8H,7,9H2,1-2H3,(H,23,27). The van der Waals surface area contributed by atoms with Crippen molar-refractivity contribution >= 4 is 11.6 Å². The molecule has 1 N–H and O–H groups in total. The number of aryl methyl sites for hydroxylation is 2. The number of aromatic nitrogens is 3. The topological polar surface area (TPSA) is 59.3 Å². The third kappa shape index (κ3) is 4.07. The molecule has 27 heavy (non-hydrogen) atoms. The Morgan fingerprint density at radius 2 is 2.00 bits per heavy atom. The van der Waals surface area contributed by atoms with Crippen molar-refractivity contribution in [3.63, 3.8) is 0 Å². The summed E-state index contributed by atoms with van der Waals surface area (Å²) in [6, 6.07) is 6.16. The van der Waals surface area contributed by atoms with E-state index in [-0.39, 0.29) is 17.0 Å². The van der Waals surface area contributed by atoms with E-state index in [4.69, 9.17) is 0 Å². The number of rotatable bonds is 4. The predicted octanol–water partition coefficient (Wildman–Crippen LogP) is 3.37. The number of hydrogen-bond donors (Lipinski definition) is 1. The van der Waals surface area contributed by atoms with Gasteiger partial charge in [-0.15, -0.1) is 0 Å². The molecule has 0 atom stereocenters. The second-order valence-corrected chi connectivity index (χ2v) is 6.16. The van der Waals surface area contributed by atoms with Crippen LogP contribution in [0.4, 0.5) is 17.6 Å². The molecule has 9 heteroatoms. The molecule has 2 heterocycles. The quantitative estimate of drug-likeness (QED) is 0.706. The number of benzene rings is 1. The minimum atomic E-state index is -4.50. The van der Waals surface area contributed by atoms with Crippen LogP contribution in [0, 0.1) is 19.7 Å². The molecule has 3 rings (SSSR count). The highest BCUT2D eigenvalue weighted by Gasteiger charge is 2.29. The van der Waals surface area contributed by atoms with Gasteiger partial charge >= 0.3 is 6.18 Å². The maximum Gasteiger partial charge on any atom is 0.405 e. The lowest BCUT2D eigenvalue weighted by atomic mass is 10.0. The Balaban J connectivity index is 1.95. The lowest BCUT2D eigenvalue weighted by molar-refractivity contribution is -0.123. The van der Waals surface area contributed by atoms with Crippen molar-refractivity contribution in [2.24, 2.45) is 0 Å². The number of carbonyl (C=O) groups excluding carboxylic acids is 1. The van der Waals surface area contributed by atoms with E-state index in [1.165, 1.54) is 22.8 Å². The number of alkyl halides is 3. The molecule has 1 amide bonds. The number of hydrogen-bond acceptors (Lipinski definition) is 3. The number of amides is 1.